The molecule has 0 saturated carbocycles. The lowest BCUT2D eigenvalue weighted by Gasteiger charge is -2.30. The van der Waals surface area contributed by atoms with Gasteiger partial charge < -0.3 is 10.5 Å². The number of hydrogen-bond acceptors (Lipinski definition) is 4. The lowest BCUT2D eigenvalue weighted by Crippen LogP contribution is -2.39. The molecule has 1 aromatic heterocycles. The summed E-state index contributed by atoms with van der Waals surface area (Å²) in [5, 5.41) is 0.584. The minimum Gasteiger partial charge on any atom is -0.476 e. The second-order valence-electron chi connectivity index (χ2n) is 5.06. The highest BCUT2D eigenvalue weighted by Crippen LogP contribution is 2.17. The molecule has 0 aromatic carbocycles. The Labute approximate surface area is 120 Å². The van der Waals surface area contributed by atoms with E-state index in [1.807, 2.05) is 0 Å². The van der Waals surface area contributed by atoms with E-state index in [-0.39, 0.29) is 0 Å². The van der Waals surface area contributed by atoms with E-state index < -0.39 is 0 Å². The third-order valence-corrected chi connectivity index (χ3v) is 3.36. The van der Waals surface area contributed by atoms with E-state index >= 15 is 0 Å². The molecule has 0 bridgehead atoms. The SMILES string of the molecule is CC(C)N(CCOc1ccc(Cl)c(CN)n1)C(C)C. The van der Waals surface area contributed by atoms with Crippen molar-refractivity contribution in [2.24, 2.45) is 5.73 Å². The number of nitrogens with two attached hydrogens (primary N) is 1. The highest BCUT2D eigenvalue weighted by atomic mass is 35.5. The summed E-state index contributed by atoms with van der Waals surface area (Å²) < 4.78 is 5.67. The van der Waals surface area contributed by atoms with Crippen molar-refractivity contribution in [1.29, 1.82) is 0 Å². The van der Waals surface area contributed by atoms with Crippen molar-refractivity contribution in [3.05, 3.63) is 22.8 Å². The highest BCUT2D eigenvalue weighted by molar-refractivity contribution is 6.31. The van der Waals surface area contributed by atoms with Crippen molar-refractivity contribution >= 4 is 11.6 Å². The molecule has 1 aromatic rings. The summed E-state index contributed by atoms with van der Waals surface area (Å²) in [5.74, 6) is 0.581. The van der Waals surface area contributed by atoms with E-state index in [4.69, 9.17) is 22.1 Å². The highest BCUT2D eigenvalue weighted by Gasteiger charge is 2.13. The van der Waals surface area contributed by atoms with Crippen molar-refractivity contribution < 1.29 is 4.74 Å². The van der Waals surface area contributed by atoms with Gasteiger partial charge in [-0.25, -0.2) is 4.98 Å². The van der Waals surface area contributed by atoms with Gasteiger partial charge in [0.05, 0.1) is 10.7 Å². The Hall–Kier alpha value is -0.840. The topological polar surface area (TPSA) is 51.4 Å². The summed E-state index contributed by atoms with van der Waals surface area (Å²) in [6.07, 6.45) is 0. The Morgan fingerprint density at radius 2 is 1.89 bits per heavy atom. The number of halogens is 1. The number of ether oxygens (including phenoxy) is 1. The predicted octanol–water partition coefficient (Wildman–Crippen LogP) is 2.69. The first-order valence-corrected chi connectivity index (χ1v) is 7.07. The number of hydrogen-bond donors (Lipinski definition) is 1. The molecule has 0 aliphatic carbocycles. The van der Waals surface area contributed by atoms with Gasteiger partial charge in [-0.3, -0.25) is 4.90 Å². The Morgan fingerprint density at radius 1 is 1.26 bits per heavy atom. The van der Waals surface area contributed by atoms with Crippen LogP contribution < -0.4 is 10.5 Å². The monoisotopic (exact) mass is 285 g/mol. The minimum absolute atomic E-state index is 0.320. The zero-order valence-corrected chi connectivity index (χ0v) is 12.9. The van der Waals surface area contributed by atoms with E-state index in [0.29, 0.717) is 41.8 Å². The van der Waals surface area contributed by atoms with Gasteiger partial charge in [0.15, 0.2) is 0 Å². The summed E-state index contributed by atoms with van der Waals surface area (Å²) >= 11 is 5.96. The van der Waals surface area contributed by atoms with Crippen molar-refractivity contribution in [3.63, 3.8) is 0 Å². The molecule has 0 spiro atoms. The molecule has 0 unspecified atom stereocenters. The van der Waals surface area contributed by atoms with Crippen LogP contribution in [-0.4, -0.2) is 35.1 Å². The zero-order valence-electron chi connectivity index (χ0n) is 12.2. The van der Waals surface area contributed by atoms with Gasteiger partial charge in [0, 0.05) is 31.2 Å². The van der Waals surface area contributed by atoms with Crippen LogP contribution in [0.5, 0.6) is 5.88 Å². The summed E-state index contributed by atoms with van der Waals surface area (Å²) in [6.45, 7) is 10.5. The summed E-state index contributed by atoms with van der Waals surface area (Å²) in [6, 6.07) is 4.55. The van der Waals surface area contributed by atoms with Crippen LogP contribution in [0.15, 0.2) is 12.1 Å². The Morgan fingerprint density at radius 3 is 2.42 bits per heavy atom. The van der Waals surface area contributed by atoms with Crippen LogP contribution >= 0.6 is 11.6 Å². The lowest BCUT2D eigenvalue weighted by molar-refractivity contribution is 0.140. The van der Waals surface area contributed by atoms with Crippen LogP contribution in [0.25, 0.3) is 0 Å². The molecule has 1 rings (SSSR count). The van der Waals surface area contributed by atoms with Gasteiger partial charge in [-0.05, 0) is 33.8 Å². The van der Waals surface area contributed by atoms with Gasteiger partial charge >= 0.3 is 0 Å². The molecule has 108 valence electrons. The maximum atomic E-state index is 5.96. The quantitative estimate of drug-likeness (QED) is 0.837. The van der Waals surface area contributed by atoms with Gasteiger partial charge in [-0.15, -0.1) is 0 Å². The van der Waals surface area contributed by atoms with E-state index in [9.17, 15) is 0 Å². The van der Waals surface area contributed by atoms with Crippen molar-refractivity contribution in [3.8, 4) is 5.88 Å². The fraction of sp³-hybridized carbons (Fsp3) is 0.643. The number of pyridine rings is 1. The summed E-state index contributed by atoms with van der Waals surface area (Å²) in [4.78, 5) is 6.65. The molecule has 19 heavy (non-hydrogen) atoms. The van der Waals surface area contributed by atoms with Gasteiger partial charge in [0.2, 0.25) is 5.88 Å². The van der Waals surface area contributed by atoms with Gasteiger partial charge in [-0.2, -0.15) is 0 Å². The van der Waals surface area contributed by atoms with Crippen molar-refractivity contribution in [1.82, 2.24) is 9.88 Å². The van der Waals surface area contributed by atoms with Crippen LogP contribution in [0, 0.1) is 0 Å². The zero-order chi connectivity index (χ0) is 14.4. The molecule has 0 fully saturated rings. The molecule has 0 amide bonds. The summed E-state index contributed by atoms with van der Waals surface area (Å²) in [5.41, 5.74) is 6.24. The Bertz CT molecular complexity index is 388. The molecule has 0 aliphatic heterocycles. The van der Waals surface area contributed by atoms with Crippen LogP contribution in [0.4, 0.5) is 0 Å². The molecule has 0 atom stereocenters. The molecule has 5 heteroatoms. The first-order chi connectivity index (χ1) is 8.95. The number of nitrogens with zero attached hydrogens (tertiary/aromatic N) is 2. The van der Waals surface area contributed by atoms with E-state index in [0.717, 1.165) is 6.54 Å². The number of rotatable bonds is 7. The second kappa shape index (κ2) is 7.68. The minimum atomic E-state index is 0.320. The average molecular weight is 286 g/mol. The molecule has 2 N–H and O–H groups in total. The fourth-order valence-corrected chi connectivity index (χ4v) is 2.24. The Kier molecular flexibility index (Phi) is 6.55. The third-order valence-electron chi connectivity index (χ3n) is 3.01. The molecule has 4 nitrogen and oxygen atoms in total. The molecule has 1 heterocycles. The smallest absolute Gasteiger partial charge is 0.213 e. The lowest BCUT2D eigenvalue weighted by atomic mass is 10.2. The summed E-state index contributed by atoms with van der Waals surface area (Å²) in [7, 11) is 0. The first kappa shape index (κ1) is 16.2. The first-order valence-electron chi connectivity index (χ1n) is 6.69. The van der Waals surface area contributed by atoms with E-state index in [2.05, 4.69) is 37.6 Å². The largest absolute Gasteiger partial charge is 0.476 e. The van der Waals surface area contributed by atoms with Crippen molar-refractivity contribution in [2.75, 3.05) is 13.2 Å². The maximum absolute atomic E-state index is 5.96. The second-order valence-corrected chi connectivity index (χ2v) is 5.46. The number of aromatic nitrogens is 1. The molecule has 0 aliphatic rings. The molecule has 0 saturated heterocycles. The molecular weight excluding hydrogens is 262 g/mol. The molecular formula is C14H24ClN3O. The normalized spacial score (nSPS) is 11.6. The van der Waals surface area contributed by atoms with Crippen molar-refractivity contribution in [2.45, 2.75) is 46.3 Å². The maximum Gasteiger partial charge on any atom is 0.213 e. The van der Waals surface area contributed by atoms with Gasteiger partial charge in [0.1, 0.15) is 6.61 Å². The average Bonchev–Trinajstić information content (AvgIpc) is 2.35. The Balaban J connectivity index is 2.53. The van der Waals surface area contributed by atoms with Crippen LogP contribution in [-0.2, 0) is 6.54 Å². The fourth-order valence-electron chi connectivity index (χ4n) is 2.06. The standard InChI is InChI=1S/C14H24ClN3O/c1-10(2)18(11(3)4)7-8-19-14-6-5-12(15)13(9-16)17-14/h5-6,10-11H,7-9,16H2,1-4H3. The van der Waals surface area contributed by atoms with E-state index in [1.165, 1.54) is 0 Å². The third kappa shape index (κ3) is 4.97. The van der Waals surface area contributed by atoms with Gasteiger partial charge in [-0.1, -0.05) is 11.6 Å². The van der Waals surface area contributed by atoms with E-state index in [1.54, 1.807) is 12.1 Å². The van der Waals surface area contributed by atoms with Gasteiger partial charge in [0.25, 0.3) is 0 Å². The predicted molar refractivity (Wildman–Crippen MR) is 79.6 cm³/mol. The molecule has 0 radical (unpaired) electrons. The van der Waals surface area contributed by atoms with Crippen LogP contribution in [0.1, 0.15) is 33.4 Å². The van der Waals surface area contributed by atoms with Crippen LogP contribution in [0.3, 0.4) is 0 Å². The van der Waals surface area contributed by atoms with Crippen LogP contribution in [0.2, 0.25) is 5.02 Å².